The molecule has 1 nitrogen and oxygen atoms in total. The summed E-state index contributed by atoms with van der Waals surface area (Å²) < 4.78 is 36.3. The fraction of sp³-hybridized carbons (Fsp3) is 1.00. The topological polar surface area (TPSA) is 20.2 Å². The van der Waals surface area contributed by atoms with Gasteiger partial charge in [0.15, 0.2) is 0 Å². The number of aliphatic hydroxyl groups is 1. The molecule has 0 aromatic rings. The van der Waals surface area contributed by atoms with E-state index in [4.69, 9.17) is 5.11 Å². The Kier molecular flexibility index (Phi) is 16.1. The molecule has 0 aromatic heterocycles. The molecule has 0 heterocycles. The van der Waals surface area contributed by atoms with Crippen molar-refractivity contribution in [1.82, 2.24) is 0 Å². The van der Waals surface area contributed by atoms with Crippen molar-refractivity contribution < 1.29 is 18.3 Å². The van der Waals surface area contributed by atoms with Crippen molar-refractivity contribution in [2.45, 2.75) is 128 Å². The van der Waals surface area contributed by atoms with Crippen molar-refractivity contribution in [1.29, 1.82) is 0 Å². The molecule has 24 heavy (non-hydrogen) atoms. The average Bonchev–Trinajstić information content (AvgIpc) is 2.53. The lowest BCUT2D eigenvalue weighted by Gasteiger charge is -2.13. The Morgan fingerprint density at radius 1 is 0.583 bits per heavy atom. The number of aliphatic hydroxyl groups excluding tert-OH is 1. The summed E-state index contributed by atoms with van der Waals surface area (Å²) in [5.41, 5.74) is 0. The molecule has 0 aromatic carbocycles. The molecular formula is C20H39F3O. The molecule has 0 amide bonds. The third kappa shape index (κ3) is 16.6. The third-order valence-corrected chi connectivity index (χ3v) is 4.71. The monoisotopic (exact) mass is 352 g/mol. The first kappa shape index (κ1) is 23.8. The van der Waals surface area contributed by atoms with Crippen LogP contribution in [-0.4, -0.2) is 17.4 Å². The molecule has 0 aliphatic carbocycles. The maximum atomic E-state index is 12.1. The molecule has 0 spiro atoms. The molecule has 146 valence electrons. The molecule has 0 saturated carbocycles. The van der Waals surface area contributed by atoms with Gasteiger partial charge in [-0.05, 0) is 6.42 Å². The predicted molar refractivity (Wildman–Crippen MR) is 96.2 cm³/mol. The van der Waals surface area contributed by atoms with Crippen LogP contribution in [0, 0.1) is 0 Å². The lowest BCUT2D eigenvalue weighted by atomic mass is 10.0. The van der Waals surface area contributed by atoms with Crippen molar-refractivity contribution in [3.05, 3.63) is 0 Å². The van der Waals surface area contributed by atoms with Crippen LogP contribution in [0.2, 0.25) is 0 Å². The Labute approximate surface area is 147 Å². The van der Waals surface area contributed by atoms with E-state index in [1.54, 1.807) is 0 Å². The van der Waals surface area contributed by atoms with E-state index in [1.807, 2.05) is 0 Å². The van der Waals surface area contributed by atoms with Crippen molar-refractivity contribution in [2.75, 3.05) is 0 Å². The van der Waals surface area contributed by atoms with E-state index < -0.39 is 12.3 Å². The minimum absolute atomic E-state index is 0.151. The Morgan fingerprint density at radius 3 is 1.17 bits per heavy atom. The highest BCUT2D eigenvalue weighted by atomic mass is 19.4. The molecule has 1 atom stereocenters. The smallest absolute Gasteiger partial charge is 0.384 e. The average molecular weight is 353 g/mol. The van der Waals surface area contributed by atoms with Crippen molar-refractivity contribution in [3.63, 3.8) is 0 Å². The van der Waals surface area contributed by atoms with Gasteiger partial charge in [-0.1, -0.05) is 110 Å². The van der Waals surface area contributed by atoms with Gasteiger partial charge in [0, 0.05) is 0 Å². The van der Waals surface area contributed by atoms with Gasteiger partial charge < -0.3 is 5.11 Å². The van der Waals surface area contributed by atoms with Crippen LogP contribution in [-0.2, 0) is 0 Å². The van der Waals surface area contributed by atoms with Gasteiger partial charge in [0.05, 0.1) is 0 Å². The maximum Gasteiger partial charge on any atom is 0.414 e. The van der Waals surface area contributed by atoms with Crippen molar-refractivity contribution in [2.24, 2.45) is 0 Å². The summed E-state index contributed by atoms with van der Waals surface area (Å²) in [5, 5.41) is 8.88. The van der Waals surface area contributed by atoms with Crippen LogP contribution < -0.4 is 0 Å². The minimum atomic E-state index is -4.45. The highest BCUT2D eigenvalue weighted by Crippen LogP contribution is 2.24. The van der Waals surface area contributed by atoms with Crippen LogP contribution in [0.5, 0.6) is 0 Å². The summed E-state index contributed by atoms with van der Waals surface area (Å²) in [6.07, 6.45) is 12.7. The number of halogens is 3. The molecule has 0 radical (unpaired) electrons. The Balaban J connectivity index is 3.10. The zero-order valence-electron chi connectivity index (χ0n) is 15.7. The zero-order chi connectivity index (χ0) is 18.1. The zero-order valence-corrected chi connectivity index (χ0v) is 15.7. The minimum Gasteiger partial charge on any atom is -0.384 e. The molecule has 1 N–H and O–H groups in total. The van der Waals surface area contributed by atoms with Crippen molar-refractivity contribution >= 4 is 0 Å². The lowest BCUT2D eigenvalue weighted by molar-refractivity contribution is -0.205. The molecule has 0 aliphatic heterocycles. The summed E-state index contributed by atoms with van der Waals surface area (Å²) in [6, 6.07) is 0. The molecular weight excluding hydrogens is 313 g/mol. The van der Waals surface area contributed by atoms with Gasteiger partial charge in [0.1, 0.15) is 6.10 Å². The summed E-state index contributed by atoms with van der Waals surface area (Å²) >= 11 is 0. The van der Waals surface area contributed by atoms with E-state index in [0.717, 1.165) is 19.3 Å². The number of alkyl halides is 3. The normalized spacial score (nSPS) is 13.4. The Hall–Kier alpha value is -0.250. The summed E-state index contributed by atoms with van der Waals surface area (Å²) in [6.45, 7) is 2.25. The number of hydrogen-bond acceptors (Lipinski definition) is 1. The second kappa shape index (κ2) is 16.2. The quantitative estimate of drug-likeness (QED) is 0.268. The molecule has 1 unspecified atom stereocenters. The van der Waals surface area contributed by atoms with Gasteiger partial charge in [-0.15, -0.1) is 0 Å². The fourth-order valence-electron chi connectivity index (χ4n) is 3.05. The lowest BCUT2D eigenvalue weighted by Crippen LogP contribution is -2.28. The highest BCUT2D eigenvalue weighted by Gasteiger charge is 2.37. The van der Waals surface area contributed by atoms with Gasteiger partial charge >= 0.3 is 6.18 Å². The molecule has 4 heteroatoms. The number of rotatable bonds is 17. The van der Waals surface area contributed by atoms with Crippen LogP contribution in [0.3, 0.4) is 0 Å². The Bertz CT molecular complexity index is 254. The van der Waals surface area contributed by atoms with Crippen LogP contribution in [0.1, 0.15) is 116 Å². The first-order valence-corrected chi connectivity index (χ1v) is 10.2. The first-order chi connectivity index (χ1) is 11.5. The van der Waals surface area contributed by atoms with Gasteiger partial charge in [-0.2, -0.15) is 13.2 Å². The number of hydrogen-bond donors (Lipinski definition) is 1. The molecule has 0 saturated heterocycles. The fourth-order valence-corrected chi connectivity index (χ4v) is 3.05. The SMILES string of the molecule is CCCCCCCCCCCCCCCCCCC(O)C(F)(F)F. The molecule has 0 aliphatic rings. The molecule has 0 fully saturated rings. The van der Waals surface area contributed by atoms with Gasteiger partial charge in [0.2, 0.25) is 0 Å². The van der Waals surface area contributed by atoms with E-state index in [1.165, 1.54) is 77.0 Å². The molecule has 0 bridgehead atoms. The van der Waals surface area contributed by atoms with Crippen LogP contribution in [0.25, 0.3) is 0 Å². The van der Waals surface area contributed by atoms with Gasteiger partial charge in [-0.25, -0.2) is 0 Å². The second-order valence-electron chi connectivity index (χ2n) is 7.15. The van der Waals surface area contributed by atoms with Crippen molar-refractivity contribution in [3.8, 4) is 0 Å². The van der Waals surface area contributed by atoms with Crippen LogP contribution in [0.15, 0.2) is 0 Å². The van der Waals surface area contributed by atoms with Crippen LogP contribution >= 0.6 is 0 Å². The van der Waals surface area contributed by atoms with E-state index in [2.05, 4.69) is 6.92 Å². The first-order valence-electron chi connectivity index (χ1n) is 10.2. The summed E-state index contributed by atoms with van der Waals surface area (Å²) in [7, 11) is 0. The summed E-state index contributed by atoms with van der Waals surface area (Å²) in [4.78, 5) is 0. The van der Waals surface area contributed by atoms with E-state index in [0.29, 0.717) is 6.42 Å². The number of unbranched alkanes of at least 4 members (excludes halogenated alkanes) is 15. The summed E-state index contributed by atoms with van der Waals surface area (Å²) in [5.74, 6) is 0. The van der Waals surface area contributed by atoms with Crippen LogP contribution in [0.4, 0.5) is 13.2 Å². The predicted octanol–water partition coefficient (Wildman–Crippen LogP) is 7.56. The van der Waals surface area contributed by atoms with Gasteiger partial charge in [0.25, 0.3) is 0 Å². The van der Waals surface area contributed by atoms with E-state index >= 15 is 0 Å². The highest BCUT2D eigenvalue weighted by molar-refractivity contribution is 4.64. The molecule has 0 rings (SSSR count). The Morgan fingerprint density at radius 2 is 0.875 bits per heavy atom. The standard InChI is InChI=1S/C20H39F3O/c1-2-3-4-5-6-7-8-9-10-11-12-13-14-15-16-17-18-19(24)20(21,22)23/h19,24H,2-18H2,1H3. The maximum absolute atomic E-state index is 12.1. The van der Waals surface area contributed by atoms with Gasteiger partial charge in [-0.3, -0.25) is 0 Å². The second-order valence-corrected chi connectivity index (χ2v) is 7.15. The van der Waals surface area contributed by atoms with E-state index in [-0.39, 0.29) is 6.42 Å². The third-order valence-electron chi connectivity index (χ3n) is 4.71. The largest absolute Gasteiger partial charge is 0.414 e. The van der Waals surface area contributed by atoms with E-state index in [9.17, 15) is 13.2 Å².